The summed E-state index contributed by atoms with van der Waals surface area (Å²) in [6.07, 6.45) is 0. The van der Waals surface area contributed by atoms with Crippen molar-refractivity contribution in [3.05, 3.63) is 113 Å². The summed E-state index contributed by atoms with van der Waals surface area (Å²) in [6, 6.07) is 29.4. The molecule has 48 heavy (non-hydrogen) atoms. The molecule has 0 radical (unpaired) electrons. The fraction of sp³-hybridized carbons (Fsp3) is 0.238. The summed E-state index contributed by atoms with van der Waals surface area (Å²) in [5.41, 5.74) is 7.88. The molecule has 6 heteroatoms. The summed E-state index contributed by atoms with van der Waals surface area (Å²) in [5, 5.41) is 10.8. The SMILES string of the molecule is [2H]C([2H])([2H])c1ccc2nc(-c3cccc4c3oc3c(F)c(C#N)ccc34)n(-c3c(C(C)C)cc(-c4cc[c]([Ge]([CH3])([CH3])[CH3])cc4)cc3C(C)C)c2c1. The summed E-state index contributed by atoms with van der Waals surface area (Å²) in [5.74, 6) is 7.23. The van der Waals surface area contributed by atoms with E-state index < -0.39 is 25.9 Å². The number of imidazole rings is 1. The molecule has 0 saturated heterocycles. The number of nitrogens with zero attached hydrogens (tertiary/aromatic N) is 3. The fourth-order valence-corrected chi connectivity index (χ4v) is 9.17. The zero-order valence-electron chi connectivity index (χ0n) is 31.4. The van der Waals surface area contributed by atoms with Gasteiger partial charge in [-0.25, -0.2) is 4.39 Å². The number of fused-ring (bicyclic) bond motifs is 4. The van der Waals surface area contributed by atoms with Gasteiger partial charge in [0.15, 0.2) is 11.4 Å². The van der Waals surface area contributed by atoms with Crippen molar-refractivity contribution >= 4 is 50.6 Å². The van der Waals surface area contributed by atoms with Crippen LogP contribution in [0.5, 0.6) is 0 Å². The zero-order chi connectivity index (χ0) is 36.6. The molecular weight excluding hydrogens is 654 g/mol. The molecule has 0 saturated carbocycles. The van der Waals surface area contributed by atoms with Crippen LogP contribution in [-0.2, 0) is 0 Å². The van der Waals surface area contributed by atoms with Crippen LogP contribution in [0.4, 0.5) is 4.39 Å². The van der Waals surface area contributed by atoms with E-state index in [4.69, 9.17) is 13.5 Å². The topological polar surface area (TPSA) is 54.8 Å². The number of para-hydroxylation sites is 1. The van der Waals surface area contributed by atoms with E-state index in [1.54, 1.807) is 24.3 Å². The van der Waals surface area contributed by atoms with Gasteiger partial charge in [-0.05, 0) is 19.0 Å². The molecule has 0 fully saturated rings. The monoisotopic (exact) mass is 698 g/mol. The molecule has 0 aliphatic rings. The Labute approximate surface area is 288 Å². The molecule has 7 rings (SSSR count). The standard InChI is InChI=1S/C42H40FGeN3O/c1-24(2)34-21-29(27-13-16-30(17-14-27)44(6,7)8)22-35(25(3)4)39(34)47-37-20-26(5)12-19-36(37)46-42(47)33-11-9-10-31-32-18-15-28(23-45)38(43)41(32)48-40(31)33/h9-22,24-25H,1-8H3/i5D3. The summed E-state index contributed by atoms with van der Waals surface area (Å²) in [6.45, 7) is 6.36. The van der Waals surface area contributed by atoms with Crippen molar-refractivity contribution in [3.8, 4) is 34.3 Å². The van der Waals surface area contributed by atoms with Gasteiger partial charge < -0.3 is 4.42 Å². The van der Waals surface area contributed by atoms with Crippen LogP contribution in [0, 0.1) is 24.0 Å². The third-order valence-electron chi connectivity index (χ3n) is 9.34. The summed E-state index contributed by atoms with van der Waals surface area (Å²) >= 11 is -2.00. The van der Waals surface area contributed by atoms with Gasteiger partial charge in [0, 0.05) is 14.9 Å². The van der Waals surface area contributed by atoms with E-state index in [2.05, 4.69) is 85.9 Å². The number of nitriles is 1. The van der Waals surface area contributed by atoms with Crippen molar-refractivity contribution in [1.82, 2.24) is 9.55 Å². The molecule has 0 atom stereocenters. The van der Waals surface area contributed by atoms with Gasteiger partial charge in [-0.15, -0.1) is 0 Å². The first-order chi connectivity index (χ1) is 24.1. The van der Waals surface area contributed by atoms with Gasteiger partial charge in [0.1, 0.15) is 6.07 Å². The summed E-state index contributed by atoms with van der Waals surface area (Å²) in [7, 11) is 0. The molecule has 0 aliphatic heterocycles. The predicted octanol–water partition coefficient (Wildman–Crippen LogP) is 11.4. The van der Waals surface area contributed by atoms with Gasteiger partial charge in [0.2, 0.25) is 0 Å². The Hall–Kier alpha value is -4.67. The maximum atomic E-state index is 15.5. The number of hydrogen-bond acceptors (Lipinski definition) is 3. The molecule has 4 nitrogen and oxygen atoms in total. The van der Waals surface area contributed by atoms with E-state index in [1.807, 2.05) is 24.3 Å². The van der Waals surface area contributed by atoms with E-state index in [0.29, 0.717) is 38.8 Å². The van der Waals surface area contributed by atoms with Crippen molar-refractivity contribution < 1.29 is 12.9 Å². The Morgan fingerprint density at radius 1 is 0.833 bits per heavy atom. The average molecular weight is 697 g/mol. The van der Waals surface area contributed by atoms with Gasteiger partial charge in [0.25, 0.3) is 0 Å². The van der Waals surface area contributed by atoms with Gasteiger partial charge in [-0.2, -0.15) is 5.26 Å². The normalized spacial score (nSPS) is 13.4. The van der Waals surface area contributed by atoms with Crippen LogP contribution in [0.3, 0.4) is 0 Å². The molecule has 7 aromatic rings. The van der Waals surface area contributed by atoms with Crippen LogP contribution < -0.4 is 4.40 Å². The second kappa shape index (κ2) is 11.8. The predicted molar refractivity (Wildman–Crippen MR) is 200 cm³/mol. The second-order valence-corrected chi connectivity index (χ2v) is 25.0. The molecule has 0 amide bonds. The summed E-state index contributed by atoms with van der Waals surface area (Å²) in [4.78, 5) is 5.15. The molecule has 0 N–H and O–H groups in total. The minimum absolute atomic E-state index is 0.0139. The van der Waals surface area contributed by atoms with Crippen molar-refractivity contribution in [2.45, 2.75) is 63.7 Å². The first kappa shape index (κ1) is 28.4. The number of rotatable bonds is 6. The molecule has 0 aliphatic carbocycles. The number of halogens is 1. The number of aromatic nitrogens is 2. The van der Waals surface area contributed by atoms with E-state index in [9.17, 15) is 5.26 Å². The Morgan fingerprint density at radius 3 is 2.15 bits per heavy atom. The van der Waals surface area contributed by atoms with Gasteiger partial charge >= 0.3 is 200 Å². The molecule has 2 heterocycles. The molecule has 2 aromatic heterocycles. The van der Waals surface area contributed by atoms with Crippen LogP contribution in [0.15, 0.2) is 89.3 Å². The van der Waals surface area contributed by atoms with E-state index in [0.717, 1.165) is 27.9 Å². The Kier molecular flexibility index (Phi) is 6.96. The van der Waals surface area contributed by atoms with Crippen LogP contribution in [0.1, 0.15) is 65.9 Å². The van der Waals surface area contributed by atoms with E-state index >= 15 is 4.39 Å². The maximum absolute atomic E-state index is 15.5. The molecule has 0 spiro atoms. The number of aryl methyl sites for hydroxylation is 1. The first-order valence-electron chi connectivity index (χ1n) is 17.9. The van der Waals surface area contributed by atoms with Crippen LogP contribution in [-0.4, -0.2) is 22.8 Å². The van der Waals surface area contributed by atoms with Crippen molar-refractivity contribution in [3.63, 3.8) is 0 Å². The molecule has 240 valence electrons. The van der Waals surface area contributed by atoms with Gasteiger partial charge in [-0.3, -0.25) is 0 Å². The van der Waals surface area contributed by atoms with E-state index in [1.165, 1.54) is 10.5 Å². The summed E-state index contributed by atoms with van der Waals surface area (Å²) < 4.78 is 50.0. The Morgan fingerprint density at radius 2 is 1.52 bits per heavy atom. The van der Waals surface area contributed by atoms with Crippen molar-refractivity contribution in [2.75, 3.05) is 0 Å². The molecular formula is C42H40FGeN3O. The fourth-order valence-electron chi connectivity index (χ4n) is 6.72. The molecule has 0 bridgehead atoms. The Bertz CT molecular complexity index is 2500. The molecule has 0 unspecified atom stereocenters. The van der Waals surface area contributed by atoms with Gasteiger partial charge in [-0.1, -0.05) is 18.2 Å². The first-order valence-corrected chi connectivity index (χ1v) is 23.8. The average Bonchev–Trinajstić information content (AvgIpc) is 3.66. The van der Waals surface area contributed by atoms with Gasteiger partial charge in [0.05, 0.1) is 5.56 Å². The van der Waals surface area contributed by atoms with Crippen LogP contribution >= 0.6 is 0 Å². The van der Waals surface area contributed by atoms with Crippen LogP contribution in [0.2, 0.25) is 17.3 Å². The molecule has 5 aromatic carbocycles. The van der Waals surface area contributed by atoms with Crippen molar-refractivity contribution in [1.29, 1.82) is 5.26 Å². The number of benzene rings is 5. The number of furan rings is 1. The van der Waals surface area contributed by atoms with Crippen LogP contribution in [0.25, 0.3) is 61.2 Å². The third kappa shape index (κ3) is 5.23. The van der Waals surface area contributed by atoms with Crippen molar-refractivity contribution in [2.24, 2.45) is 0 Å². The number of hydrogen-bond donors (Lipinski definition) is 0. The Balaban J connectivity index is 1.58. The second-order valence-electron chi connectivity index (χ2n) is 14.3. The third-order valence-corrected chi connectivity index (χ3v) is 13.7. The zero-order valence-corrected chi connectivity index (χ0v) is 30.5. The van der Waals surface area contributed by atoms with E-state index in [-0.39, 0.29) is 28.5 Å². The minimum atomic E-state index is -2.33. The quantitative estimate of drug-likeness (QED) is 0.163.